The van der Waals surface area contributed by atoms with Crippen LogP contribution in [0.15, 0.2) is 54.6 Å². The molecule has 3 aromatic rings. The van der Waals surface area contributed by atoms with E-state index >= 15 is 0 Å². The zero-order chi connectivity index (χ0) is 18.6. The molecule has 0 aliphatic carbocycles. The first-order valence-corrected chi connectivity index (χ1v) is 8.99. The average Bonchev–Trinajstić information content (AvgIpc) is 3.38. The number of hydrogen-bond donors (Lipinski definition) is 1. The lowest BCUT2D eigenvalue weighted by Crippen LogP contribution is -2.29. The third kappa shape index (κ3) is 3.72. The molecule has 1 aliphatic heterocycles. The largest absolute Gasteiger partial charge is 0.338 e. The van der Waals surface area contributed by atoms with Crippen LogP contribution in [0, 0.1) is 17.2 Å². The summed E-state index contributed by atoms with van der Waals surface area (Å²) in [5.74, 6) is 1.88. The second-order valence-electron chi connectivity index (χ2n) is 6.77. The van der Waals surface area contributed by atoms with Gasteiger partial charge in [-0.25, -0.2) is 4.98 Å². The van der Waals surface area contributed by atoms with E-state index in [9.17, 15) is 4.79 Å². The first-order chi connectivity index (χ1) is 13.2. The minimum Gasteiger partial charge on any atom is -0.338 e. The zero-order valence-corrected chi connectivity index (χ0v) is 14.8. The van der Waals surface area contributed by atoms with E-state index < -0.39 is 0 Å². The average molecular weight is 357 g/mol. The van der Waals surface area contributed by atoms with Gasteiger partial charge in [-0.05, 0) is 30.5 Å². The van der Waals surface area contributed by atoms with Crippen LogP contribution < -0.4 is 0 Å². The molecule has 2 aromatic carbocycles. The Labute approximate surface area is 157 Å². The smallest absolute Gasteiger partial charge is 0.253 e. The molecule has 0 bridgehead atoms. The van der Waals surface area contributed by atoms with Crippen LogP contribution in [-0.4, -0.2) is 39.1 Å². The van der Waals surface area contributed by atoms with Crippen LogP contribution in [0.1, 0.15) is 28.2 Å². The van der Waals surface area contributed by atoms with Crippen LogP contribution in [0.5, 0.6) is 0 Å². The molecular weight excluding hydrogens is 338 g/mol. The quantitative estimate of drug-likeness (QED) is 0.777. The molecule has 6 nitrogen and oxygen atoms in total. The fourth-order valence-electron chi connectivity index (χ4n) is 3.46. The van der Waals surface area contributed by atoms with Gasteiger partial charge in [-0.1, -0.05) is 36.4 Å². The molecule has 0 radical (unpaired) electrons. The molecule has 27 heavy (non-hydrogen) atoms. The topological polar surface area (TPSA) is 85.7 Å². The maximum Gasteiger partial charge on any atom is 0.253 e. The molecule has 134 valence electrons. The second kappa shape index (κ2) is 7.42. The van der Waals surface area contributed by atoms with Crippen molar-refractivity contribution >= 4 is 5.91 Å². The molecule has 0 spiro atoms. The molecule has 1 saturated heterocycles. The lowest BCUT2D eigenvalue weighted by Gasteiger charge is -2.16. The first kappa shape index (κ1) is 17.0. The van der Waals surface area contributed by atoms with E-state index in [4.69, 9.17) is 5.26 Å². The number of carbonyl (C=O) groups is 1. The standard InChI is InChI=1S/C21H19N5O/c22-13-15-5-4-8-18(11-15)21(27)26-10-9-16(14-26)12-19-23-20(25-24-19)17-6-2-1-3-7-17/h1-8,11,16H,9-10,12,14H2,(H,23,24,25). The van der Waals surface area contributed by atoms with E-state index in [1.807, 2.05) is 35.2 Å². The molecule has 4 rings (SSSR count). The van der Waals surface area contributed by atoms with Gasteiger partial charge < -0.3 is 4.90 Å². The Morgan fingerprint density at radius 3 is 2.89 bits per heavy atom. The number of benzene rings is 2. The highest BCUT2D eigenvalue weighted by molar-refractivity contribution is 5.94. The summed E-state index contributed by atoms with van der Waals surface area (Å²) in [5, 5.41) is 16.3. The number of nitrogens with zero attached hydrogens (tertiary/aromatic N) is 4. The summed E-state index contributed by atoms with van der Waals surface area (Å²) >= 11 is 0. The number of hydrogen-bond acceptors (Lipinski definition) is 4. The summed E-state index contributed by atoms with van der Waals surface area (Å²) in [6, 6.07) is 18.8. The van der Waals surface area contributed by atoms with Gasteiger partial charge in [0.15, 0.2) is 5.82 Å². The third-order valence-corrected chi connectivity index (χ3v) is 4.86. The predicted octanol–water partition coefficient (Wildman–Crippen LogP) is 3.05. The molecule has 1 amide bonds. The van der Waals surface area contributed by atoms with Crippen LogP contribution in [0.2, 0.25) is 0 Å². The Balaban J connectivity index is 1.39. The minimum absolute atomic E-state index is 0.0165. The van der Waals surface area contributed by atoms with Crippen LogP contribution in [-0.2, 0) is 6.42 Å². The van der Waals surface area contributed by atoms with Gasteiger partial charge >= 0.3 is 0 Å². The maximum absolute atomic E-state index is 12.7. The SMILES string of the molecule is N#Cc1cccc(C(=O)N2CCC(Cc3nc(-c4ccccc4)n[nH]3)C2)c1. The predicted molar refractivity (Wildman–Crippen MR) is 101 cm³/mol. The Hall–Kier alpha value is -3.46. The van der Waals surface area contributed by atoms with Crippen molar-refractivity contribution in [3.05, 3.63) is 71.5 Å². The van der Waals surface area contributed by atoms with Gasteiger partial charge in [0.25, 0.3) is 5.91 Å². The highest BCUT2D eigenvalue weighted by Crippen LogP contribution is 2.23. The van der Waals surface area contributed by atoms with Crippen molar-refractivity contribution in [1.82, 2.24) is 20.1 Å². The van der Waals surface area contributed by atoms with Crippen LogP contribution in [0.4, 0.5) is 0 Å². The number of nitriles is 1. The second-order valence-corrected chi connectivity index (χ2v) is 6.77. The molecule has 1 aromatic heterocycles. The van der Waals surface area contributed by atoms with Crippen LogP contribution in [0.3, 0.4) is 0 Å². The van der Waals surface area contributed by atoms with Crippen molar-refractivity contribution in [1.29, 1.82) is 5.26 Å². The maximum atomic E-state index is 12.7. The number of aromatic amines is 1. The summed E-state index contributed by atoms with van der Waals surface area (Å²) in [4.78, 5) is 19.1. The zero-order valence-electron chi connectivity index (χ0n) is 14.8. The van der Waals surface area contributed by atoms with Gasteiger partial charge in [0.2, 0.25) is 0 Å². The van der Waals surface area contributed by atoms with Crippen LogP contribution >= 0.6 is 0 Å². The molecule has 1 unspecified atom stereocenters. The van der Waals surface area contributed by atoms with Crippen molar-refractivity contribution in [2.45, 2.75) is 12.8 Å². The van der Waals surface area contributed by atoms with E-state index in [0.29, 0.717) is 29.4 Å². The number of likely N-dealkylation sites (tertiary alicyclic amines) is 1. The van der Waals surface area contributed by atoms with E-state index in [2.05, 4.69) is 21.3 Å². The fourth-order valence-corrected chi connectivity index (χ4v) is 3.46. The third-order valence-electron chi connectivity index (χ3n) is 4.86. The van der Waals surface area contributed by atoms with Crippen molar-refractivity contribution in [2.24, 2.45) is 5.92 Å². The molecule has 1 N–H and O–H groups in total. The normalized spacial score (nSPS) is 16.3. The van der Waals surface area contributed by atoms with Gasteiger partial charge in [-0.15, -0.1) is 0 Å². The van der Waals surface area contributed by atoms with Gasteiger partial charge in [0.05, 0.1) is 11.6 Å². The molecule has 2 heterocycles. The molecule has 6 heteroatoms. The Kier molecular flexibility index (Phi) is 4.67. The number of H-pyrrole nitrogens is 1. The minimum atomic E-state index is -0.0165. The highest BCUT2D eigenvalue weighted by atomic mass is 16.2. The Bertz CT molecular complexity index is 989. The molecule has 1 fully saturated rings. The van der Waals surface area contributed by atoms with Crippen molar-refractivity contribution < 1.29 is 4.79 Å². The molecule has 0 saturated carbocycles. The summed E-state index contributed by atoms with van der Waals surface area (Å²) in [7, 11) is 0. The summed E-state index contributed by atoms with van der Waals surface area (Å²) < 4.78 is 0. The molecule has 1 aliphatic rings. The van der Waals surface area contributed by atoms with Crippen molar-refractivity contribution in [3.8, 4) is 17.5 Å². The number of nitrogens with one attached hydrogen (secondary N) is 1. The van der Waals surface area contributed by atoms with Gasteiger partial charge in [0, 0.05) is 30.6 Å². The van der Waals surface area contributed by atoms with E-state index in [0.717, 1.165) is 30.8 Å². The van der Waals surface area contributed by atoms with E-state index in [1.165, 1.54) is 0 Å². The van der Waals surface area contributed by atoms with Crippen molar-refractivity contribution in [3.63, 3.8) is 0 Å². The van der Waals surface area contributed by atoms with E-state index in [1.54, 1.807) is 24.3 Å². The lowest BCUT2D eigenvalue weighted by molar-refractivity contribution is 0.0787. The number of amides is 1. The van der Waals surface area contributed by atoms with Gasteiger partial charge in [-0.2, -0.15) is 10.4 Å². The molecule has 1 atom stereocenters. The van der Waals surface area contributed by atoms with Crippen LogP contribution in [0.25, 0.3) is 11.4 Å². The first-order valence-electron chi connectivity index (χ1n) is 8.99. The van der Waals surface area contributed by atoms with Gasteiger partial charge in [0.1, 0.15) is 5.82 Å². The monoisotopic (exact) mass is 357 g/mol. The van der Waals surface area contributed by atoms with Crippen molar-refractivity contribution in [2.75, 3.05) is 13.1 Å². The fraction of sp³-hybridized carbons (Fsp3) is 0.238. The van der Waals surface area contributed by atoms with E-state index in [-0.39, 0.29) is 5.91 Å². The highest BCUT2D eigenvalue weighted by Gasteiger charge is 2.28. The Morgan fingerprint density at radius 1 is 1.22 bits per heavy atom. The summed E-state index contributed by atoms with van der Waals surface area (Å²) in [5.41, 5.74) is 2.06. The van der Waals surface area contributed by atoms with Gasteiger partial charge in [-0.3, -0.25) is 9.89 Å². The Morgan fingerprint density at radius 2 is 2.07 bits per heavy atom. The summed E-state index contributed by atoms with van der Waals surface area (Å²) in [6.07, 6.45) is 1.70. The molecular formula is C21H19N5O. The number of rotatable bonds is 4. The lowest BCUT2D eigenvalue weighted by atomic mass is 10.0. The number of aromatic nitrogens is 3. The summed E-state index contributed by atoms with van der Waals surface area (Å²) in [6.45, 7) is 1.41. The number of carbonyl (C=O) groups excluding carboxylic acids is 1.